The number of nitrogens with one attached hydrogen (secondary N) is 2. The molecule has 2 aliphatic heterocycles. The Morgan fingerprint density at radius 1 is 1.04 bits per heavy atom. The highest BCUT2D eigenvalue weighted by Gasteiger charge is 2.57. The number of alkyl halides is 1. The van der Waals surface area contributed by atoms with E-state index < -0.39 is 34.2 Å². The van der Waals surface area contributed by atoms with Crippen molar-refractivity contribution < 1.29 is 24.3 Å². The van der Waals surface area contributed by atoms with Crippen LogP contribution in [0.25, 0.3) is 0 Å². The molecule has 47 heavy (non-hydrogen) atoms. The summed E-state index contributed by atoms with van der Waals surface area (Å²) in [7, 11) is 0. The molecule has 2 fully saturated rings. The number of thiazole rings is 1. The second-order valence-corrected chi connectivity index (χ2v) is 13.4. The summed E-state index contributed by atoms with van der Waals surface area (Å²) in [6.45, 7) is 1.95. The molecule has 2 aliphatic rings. The van der Waals surface area contributed by atoms with Gasteiger partial charge in [-0.05, 0) is 23.6 Å². The molecule has 0 radical (unpaired) electrons. The third-order valence-corrected chi connectivity index (χ3v) is 11.2. The fraction of sp³-hybridized carbons (Fsp3) is 0.265. The lowest BCUT2D eigenvalue weighted by Gasteiger charge is -2.53. The molecule has 0 bridgehead atoms. The van der Waals surface area contributed by atoms with Gasteiger partial charge in [0.1, 0.15) is 34.7 Å². The van der Waals surface area contributed by atoms with E-state index in [9.17, 15) is 19.5 Å². The molecule has 6 rings (SSSR count). The Bertz CT molecular complexity index is 1680. The summed E-state index contributed by atoms with van der Waals surface area (Å²) in [5, 5.41) is 22.1. The molecule has 0 saturated carbocycles. The number of aliphatic carboxylic acids is 1. The maximum absolute atomic E-state index is 13.7. The number of fused-ring (bicyclic) bond motifs is 1. The Labute approximate surface area is 285 Å². The molecule has 10 nitrogen and oxygen atoms in total. The van der Waals surface area contributed by atoms with Crippen LogP contribution in [-0.2, 0) is 24.8 Å². The number of benzene rings is 3. The van der Waals surface area contributed by atoms with Crippen molar-refractivity contribution in [2.24, 2.45) is 10.6 Å². The average molecular weight is 690 g/mol. The molecule has 3 heterocycles. The standard InChI is InChI=1S/C34H32ClN5O5S2/c1-2-45-39-26(28(41)37-27-29(42)40-20-33(19-35,31(43)44)21-47-30(27)40)25-18-46-32(36-25)38-34(22-12-6-3-7-13-22,23-14-8-4-9-15-23)24-16-10-5-11-17-24/h3-18,27,30H,2,19-21H2,1H3,(H,36,38)(H,37,41)(H,43,44)/t27-,30-,33?/m1/s1. The lowest BCUT2D eigenvalue weighted by atomic mass is 9.77. The Hall–Kier alpha value is -4.39. The lowest BCUT2D eigenvalue weighted by Crippen LogP contribution is -2.74. The van der Waals surface area contributed by atoms with E-state index in [-0.39, 0.29) is 42.1 Å². The zero-order valence-corrected chi connectivity index (χ0v) is 27.7. The molecule has 2 amide bonds. The topological polar surface area (TPSA) is 133 Å². The van der Waals surface area contributed by atoms with Crippen LogP contribution in [0.5, 0.6) is 0 Å². The van der Waals surface area contributed by atoms with Gasteiger partial charge in [0, 0.05) is 23.6 Å². The van der Waals surface area contributed by atoms with Crippen molar-refractivity contribution in [1.82, 2.24) is 15.2 Å². The first kappa shape index (κ1) is 32.5. The highest BCUT2D eigenvalue weighted by atomic mass is 35.5. The number of amides is 2. The number of β-lactam (4-membered cyclic amide) rings is 1. The average Bonchev–Trinajstić information content (AvgIpc) is 3.58. The minimum Gasteiger partial charge on any atom is -0.481 e. The number of carboxylic acid groups (broad SMARTS) is 1. The first-order chi connectivity index (χ1) is 22.8. The summed E-state index contributed by atoms with van der Waals surface area (Å²) in [6, 6.07) is 29.4. The van der Waals surface area contributed by atoms with Gasteiger partial charge in [-0.3, -0.25) is 14.4 Å². The number of nitrogens with zero attached hydrogens (tertiary/aromatic N) is 3. The van der Waals surface area contributed by atoms with Crippen LogP contribution < -0.4 is 10.6 Å². The van der Waals surface area contributed by atoms with E-state index in [2.05, 4.69) is 52.2 Å². The lowest BCUT2D eigenvalue weighted by molar-refractivity contribution is -0.157. The maximum atomic E-state index is 13.7. The van der Waals surface area contributed by atoms with Gasteiger partial charge in [0.25, 0.3) is 5.91 Å². The van der Waals surface area contributed by atoms with Gasteiger partial charge in [-0.2, -0.15) is 0 Å². The van der Waals surface area contributed by atoms with Crippen molar-refractivity contribution in [2.75, 3.05) is 30.1 Å². The van der Waals surface area contributed by atoms with E-state index in [4.69, 9.17) is 21.4 Å². The van der Waals surface area contributed by atoms with E-state index in [0.717, 1.165) is 16.7 Å². The van der Waals surface area contributed by atoms with Crippen molar-refractivity contribution in [3.8, 4) is 0 Å². The second-order valence-electron chi connectivity index (χ2n) is 11.2. The number of thioether (sulfide) groups is 1. The fourth-order valence-electron chi connectivity index (χ4n) is 5.82. The van der Waals surface area contributed by atoms with Gasteiger partial charge in [0.15, 0.2) is 10.8 Å². The van der Waals surface area contributed by atoms with E-state index in [1.807, 2.05) is 54.6 Å². The van der Waals surface area contributed by atoms with E-state index >= 15 is 0 Å². The monoisotopic (exact) mass is 689 g/mol. The molecule has 242 valence electrons. The molecule has 3 aromatic carbocycles. The van der Waals surface area contributed by atoms with Crippen LogP contribution in [0, 0.1) is 5.41 Å². The predicted molar refractivity (Wildman–Crippen MR) is 184 cm³/mol. The van der Waals surface area contributed by atoms with Gasteiger partial charge in [0.05, 0.1) is 0 Å². The van der Waals surface area contributed by atoms with Crippen LogP contribution in [0.2, 0.25) is 0 Å². The highest BCUT2D eigenvalue weighted by Crippen LogP contribution is 2.43. The molecule has 13 heteroatoms. The third-order valence-electron chi connectivity index (χ3n) is 8.30. The molecule has 3 N–H and O–H groups in total. The number of halogens is 1. The number of hydrogen-bond donors (Lipinski definition) is 3. The molecule has 0 spiro atoms. The first-order valence-corrected chi connectivity index (χ1v) is 17.4. The molecular formula is C34H32ClN5O5S2. The van der Waals surface area contributed by atoms with Gasteiger partial charge in [0.2, 0.25) is 5.91 Å². The van der Waals surface area contributed by atoms with Crippen LogP contribution in [0.4, 0.5) is 5.13 Å². The van der Waals surface area contributed by atoms with Crippen LogP contribution in [0.15, 0.2) is 102 Å². The maximum Gasteiger partial charge on any atom is 0.313 e. The van der Waals surface area contributed by atoms with Crippen LogP contribution in [0.1, 0.15) is 29.3 Å². The minimum absolute atomic E-state index is 0.0122. The van der Waals surface area contributed by atoms with Crippen LogP contribution >= 0.6 is 34.7 Å². The zero-order valence-electron chi connectivity index (χ0n) is 25.3. The number of rotatable bonds is 12. The van der Waals surface area contributed by atoms with Crippen molar-refractivity contribution in [1.29, 1.82) is 0 Å². The molecule has 3 atom stereocenters. The summed E-state index contributed by atoms with van der Waals surface area (Å²) in [5.74, 6) is -1.94. The van der Waals surface area contributed by atoms with Gasteiger partial charge in [-0.15, -0.1) is 34.7 Å². The van der Waals surface area contributed by atoms with Gasteiger partial charge >= 0.3 is 5.97 Å². The SMILES string of the molecule is CCON=C(C(=O)N[C@@H]1C(=O)N2CC(CCl)(C(=O)O)CS[C@H]12)c1csc(NC(c2ccccc2)(c2ccccc2)c2ccccc2)n1. The van der Waals surface area contributed by atoms with E-state index in [0.29, 0.717) is 5.13 Å². The normalized spacial score (nSPS) is 20.9. The Balaban J connectivity index is 1.29. The molecule has 4 aromatic rings. The third kappa shape index (κ3) is 6.08. The number of oxime groups is 1. The molecule has 1 unspecified atom stereocenters. The quantitative estimate of drug-likeness (QED) is 0.0623. The van der Waals surface area contributed by atoms with E-state index in [1.165, 1.54) is 28.0 Å². The van der Waals surface area contributed by atoms with Crippen molar-refractivity contribution >= 4 is 63.3 Å². The van der Waals surface area contributed by atoms with Gasteiger partial charge in [-0.25, -0.2) is 4.98 Å². The van der Waals surface area contributed by atoms with Crippen molar-refractivity contribution in [2.45, 2.75) is 23.9 Å². The number of carbonyl (C=O) groups excluding carboxylic acids is 2. The zero-order chi connectivity index (χ0) is 33.0. The smallest absolute Gasteiger partial charge is 0.313 e. The first-order valence-electron chi connectivity index (χ1n) is 15.0. The predicted octanol–water partition coefficient (Wildman–Crippen LogP) is 5.00. The van der Waals surface area contributed by atoms with Crippen LogP contribution in [-0.4, -0.2) is 74.7 Å². The number of aromatic nitrogens is 1. The Morgan fingerprint density at radius 3 is 2.13 bits per heavy atom. The number of carbonyl (C=O) groups is 3. The van der Waals surface area contributed by atoms with Gasteiger partial charge in [-0.1, -0.05) is 96.2 Å². The second kappa shape index (κ2) is 13.8. The minimum atomic E-state index is -1.23. The summed E-state index contributed by atoms with van der Waals surface area (Å²) in [6.07, 6.45) is 0. The van der Waals surface area contributed by atoms with Crippen molar-refractivity contribution in [3.05, 3.63) is 119 Å². The molecule has 2 saturated heterocycles. The molecule has 1 aromatic heterocycles. The Morgan fingerprint density at radius 2 is 1.62 bits per heavy atom. The number of hydrogen-bond acceptors (Lipinski definition) is 9. The summed E-state index contributed by atoms with van der Waals surface area (Å²) in [4.78, 5) is 50.2. The fourth-order valence-corrected chi connectivity index (χ4v) is 8.52. The molecular weight excluding hydrogens is 658 g/mol. The molecule has 0 aliphatic carbocycles. The number of carboxylic acids is 1. The van der Waals surface area contributed by atoms with E-state index in [1.54, 1.807) is 12.3 Å². The summed E-state index contributed by atoms with van der Waals surface area (Å²) in [5.41, 5.74) is 1.13. The summed E-state index contributed by atoms with van der Waals surface area (Å²) >= 11 is 8.60. The van der Waals surface area contributed by atoms with Crippen LogP contribution in [0.3, 0.4) is 0 Å². The Kier molecular flexibility index (Phi) is 9.53. The largest absolute Gasteiger partial charge is 0.481 e. The number of anilines is 1. The van der Waals surface area contributed by atoms with Crippen molar-refractivity contribution in [3.63, 3.8) is 0 Å². The highest BCUT2D eigenvalue weighted by molar-refractivity contribution is 8.00. The summed E-state index contributed by atoms with van der Waals surface area (Å²) < 4.78 is 0. The van der Waals surface area contributed by atoms with Gasteiger partial charge < -0.3 is 25.5 Å².